The van der Waals surface area contributed by atoms with Crippen LogP contribution in [0, 0.1) is 5.82 Å². The molecule has 3 heterocycles. The van der Waals surface area contributed by atoms with E-state index in [0.717, 1.165) is 52.2 Å². The largest absolute Gasteiger partial charge is 0.361 e. The summed E-state index contributed by atoms with van der Waals surface area (Å²) in [6.45, 7) is 0. The van der Waals surface area contributed by atoms with Crippen molar-refractivity contribution < 1.29 is 4.39 Å². The van der Waals surface area contributed by atoms with E-state index in [9.17, 15) is 4.39 Å². The van der Waals surface area contributed by atoms with Crippen molar-refractivity contribution in [2.24, 2.45) is 5.73 Å². The molecule has 0 saturated heterocycles. The summed E-state index contributed by atoms with van der Waals surface area (Å²) in [4.78, 5) is 16.7. The standard InChI is InChI=1S/C21H21FN6/c22-13-5-6-18-14(7-13)15(11-25-18)16-10-24-8-12-9-26-21(28-20(12)16)27-19-4-2-1-3-17(19)23/h5-11,17,19,25H,1-4,23H2,(H,26,27,28)/t17-,19?/m0/s1. The zero-order valence-electron chi connectivity index (χ0n) is 15.3. The van der Waals surface area contributed by atoms with Gasteiger partial charge in [0.05, 0.1) is 5.52 Å². The van der Waals surface area contributed by atoms with Gasteiger partial charge < -0.3 is 16.0 Å². The lowest BCUT2D eigenvalue weighted by Crippen LogP contribution is -2.42. The molecule has 3 aromatic heterocycles. The quantitative estimate of drug-likeness (QED) is 0.503. The smallest absolute Gasteiger partial charge is 0.223 e. The number of nitrogens with two attached hydrogens (primary N) is 1. The third-order valence-corrected chi connectivity index (χ3v) is 5.56. The molecule has 1 aromatic carbocycles. The van der Waals surface area contributed by atoms with Crippen molar-refractivity contribution in [3.05, 3.63) is 48.8 Å². The number of rotatable bonds is 3. The number of benzene rings is 1. The third kappa shape index (κ3) is 2.97. The van der Waals surface area contributed by atoms with Crippen molar-refractivity contribution in [2.75, 3.05) is 5.32 Å². The molecule has 2 atom stereocenters. The summed E-state index contributed by atoms with van der Waals surface area (Å²) >= 11 is 0. The zero-order chi connectivity index (χ0) is 19.1. The van der Waals surface area contributed by atoms with Crippen LogP contribution in [-0.2, 0) is 0 Å². The first kappa shape index (κ1) is 17.1. The van der Waals surface area contributed by atoms with Gasteiger partial charge in [0.25, 0.3) is 0 Å². The highest BCUT2D eigenvalue weighted by molar-refractivity contribution is 6.03. The number of hydrogen-bond acceptors (Lipinski definition) is 5. The van der Waals surface area contributed by atoms with Gasteiger partial charge in [-0.25, -0.2) is 14.4 Å². The Morgan fingerprint density at radius 2 is 2.00 bits per heavy atom. The van der Waals surface area contributed by atoms with Crippen molar-refractivity contribution in [3.8, 4) is 11.1 Å². The van der Waals surface area contributed by atoms with E-state index in [-0.39, 0.29) is 17.9 Å². The molecule has 1 fully saturated rings. The van der Waals surface area contributed by atoms with Crippen LogP contribution in [0.4, 0.5) is 10.3 Å². The zero-order valence-corrected chi connectivity index (χ0v) is 15.3. The highest BCUT2D eigenvalue weighted by Gasteiger charge is 2.22. The van der Waals surface area contributed by atoms with Gasteiger partial charge in [0.1, 0.15) is 5.82 Å². The molecule has 4 N–H and O–H groups in total. The first-order valence-electron chi connectivity index (χ1n) is 9.59. The number of fused-ring (bicyclic) bond motifs is 2. The van der Waals surface area contributed by atoms with E-state index in [0.29, 0.717) is 5.95 Å². The maximum atomic E-state index is 13.8. The minimum atomic E-state index is -0.273. The number of nitrogens with zero attached hydrogens (tertiary/aromatic N) is 3. The monoisotopic (exact) mass is 376 g/mol. The molecule has 4 aromatic rings. The minimum absolute atomic E-state index is 0.113. The number of H-pyrrole nitrogens is 1. The molecule has 1 aliphatic carbocycles. The van der Waals surface area contributed by atoms with Crippen LogP contribution in [0.25, 0.3) is 32.9 Å². The van der Waals surface area contributed by atoms with E-state index in [2.05, 4.69) is 20.3 Å². The maximum Gasteiger partial charge on any atom is 0.223 e. The van der Waals surface area contributed by atoms with Crippen LogP contribution in [0.15, 0.2) is 43.0 Å². The van der Waals surface area contributed by atoms with Gasteiger partial charge in [0.15, 0.2) is 0 Å². The molecule has 0 radical (unpaired) electrons. The second-order valence-corrected chi connectivity index (χ2v) is 7.41. The Hall–Kier alpha value is -3.06. The fraction of sp³-hybridized carbons (Fsp3) is 0.286. The molecule has 0 aliphatic heterocycles. The lowest BCUT2D eigenvalue weighted by Gasteiger charge is -2.29. The van der Waals surface area contributed by atoms with Crippen molar-refractivity contribution >= 4 is 27.8 Å². The first-order valence-corrected chi connectivity index (χ1v) is 9.59. The van der Waals surface area contributed by atoms with Crippen molar-refractivity contribution in [1.29, 1.82) is 0 Å². The second-order valence-electron chi connectivity index (χ2n) is 7.41. The normalized spacial score (nSPS) is 19.9. The van der Waals surface area contributed by atoms with Gasteiger partial charge in [0.2, 0.25) is 5.95 Å². The molecular weight excluding hydrogens is 355 g/mol. The molecule has 1 unspecified atom stereocenters. The highest BCUT2D eigenvalue weighted by atomic mass is 19.1. The van der Waals surface area contributed by atoms with Gasteiger partial charge >= 0.3 is 0 Å². The Kier molecular flexibility index (Phi) is 4.16. The van der Waals surface area contributed by atoms with Crippen LogP contribution in [0.1, 0.15) is 25.7 Å². The third-order valence-electron chi connectivity index (χ3n) is 5.56. The Balaban J connectivity index is 1.60. The number of aromatic nitrogens is 4. The topological polar surface area (TPSA) is 92.5 Å². The molecule has 5 rings (SSSR count). The predicted molar refractivity (Wildman–Crippen MR) is 108 cm³/mol. The number of halogens is 1. The molecule has 7 heteroatoms. The van der Waals surface area contributed by atoms with E-state index in [1.54, 1.807) is 24.7 Å². The highest BCUT2D eigenvalue weighted by Crippen LogP contribution is 2.33. The summed E-state index contributed by atoms with van der Waals surface area (Å²) in [5, 5.41) is 5.04. The molecule has 0 spiro atoms. The number of pyridine rings is 1. The SMILES string of the molecule is N[C@H]1CCCCC1Nc1ncc2cncc(-c3c[nH]c4ccc(F)cc34)c2n1. The molecule has 142 valence electrons. The molecule has 6 nitrogen and oxygen atoms in total. The van der Waals surface area contributed by atoms with E-state index in [4.69, 9.17) is 10.7 Å². The summed E-state index contributed by atoms with van der Waals surface area (Å²) in [7, 11) is 0. The Bertz CT molecular complexity index is 1150. The molecule has 1 saturated carbocycles. The Morgan fingerprint density at radius 3 is 2.89 bits per heavy atom. The Labute approximate surface area is 161 Å². The average molecular weight is 376 g/mol. The van der Waals surface area contributed by atoms with Gasteiger partial charge in [-0.1, -0.05) is 12.8 Å². The number of aromatic amines is 1. The van der Waals surface area contributed by atoms with Gasteiger partial charge in [-0.15, -0.1) is 0 Å². The lowest BCUT2D eigenvalue weighted by atomic mass is 9.91. The van der Waals surface area contributed by atoms with Crippen LogP contribution in [0.2, 0.25) is 0 Å². The predicted octanol–water partition coefficient (Wildman–Crippen LogP) is 3.99. The van der Waals surface area contributed by atoms with Gasteiger partial charge in [-0.3, -0.25) is 4.98 Å². The molecular formula is C21H21FN6. The van der Waals surface area contributed by atoms with Gasteiger partial charge in [-0.05, 0) is 31.0 Å². The summed E-state index contributed by atoms with van der Waals surface area (Å²) in [5.74, 6) is 0.290. The van der Waals surface area contributed by atoms with E-state index >= 15 is 0 Å². The van der Waals surface area contributed by atoms with Gasteiger partial charge in [0, 0.05) is 64.3 Å². The first-order chi connectivity index (χ1) is 13.7. The van der Waals surface area contributed by atoms with Gasteiger partial charge in [-0.2, -0.15) is 0 Å². The summed E-state index contributed by atoms with van der Waals surface area (Å²) < 4.78 is 13.8. The summed E-state index contributed by atoms with van der Waals surface area (Å²) in [6, 6.07) is 5.00. The lowest BCUT2D eigenvalue weighted by molar-refractivity contribution is 0.402. The molecule has 28 heavy (non-hydrogen) atoms. The van der Waals surface area contributed by atoms with E-state index in [1.807, 2.05) is 6.20 Å². The number of nitrogens with one attached hydrogen (secondary N) is 2. The van der Waals surface area contributed by atoms with Crippen LogP contribution in [0.3, 0.4) is 0 Å². The van der Waals surface area contributed by atoms with Crippen molar-refractivity contribution in [2.45, 2.75) is 37.8 Å². The average Bonchev–Trinajstić information content (AvgIpc) is 3.12. The molecule has 0 bridgehead atoms. The Morgan fingerprint density at radius 1 is 1.11 bits per heavy atom. The molecule has 1 aliphatic rings. The van der Waals surface area contributed by atoms with Crippen molar-refractivity contribution in [3.63, 3.8) is 0 Å². The van der Waals surface area contributed by atoms with E-state index < -0.39 is 0 Å². The molecule has 0 amide bonds. The summed E-state index contributed by atoms with van der Waals surface area (Å²) in [6.07, 6.45) is 11.5. The maximum absolute atomic E-state index is 13.8. The summed E-state index contributed by atoms with van der Waals surface area (Å²) in [5.41, 5.74) is 9.61. The number of hydrogen-bond donors (Lipinski definition) is 3. The van der Waals surface area contributed by atoms with Crippen LogP contribution < -0.4 is 11.1 Å². The minimum Gasteiger partial charge on any atom is -0.361 e. The fourth-order valence-electron chi connectivity index (χ4n) is 4.04. The second kappa shape index (κ2) is 6.83. The fourth-order valence-corrected chi connectivity index (χ4v) is 4.04. The van der Waals surface area contributed by atoms with Crippen LogP contribution >= 0.6 is 0 Å². The van der Waals surface area contributed by atoms with Crippen molar-refractivity contribution in [1.82, 2.24) is 19.9 Å². The number of anilines is 1. The van der Waals surface area contributed by atoms with E-state index in [1.165, 1.54) is 18.6 Å². The van der Waals surface area contributed by atoms with Crippen LogP contribution in [0.5, 0.6) is 0 Å². The van der Waals surface area contributed by atoms with Crippen LogP contribution in [-0.4, -0.2) is 32.0 Å².